The zero-order valence-corrected chi connectivity index (χ0v) is 18.0. The third kappa shape index (κ3) is 5.37. The first-order valence-electron chi connectivity index (χ1n) is 9.67. The van der Waals surface area contributed by atoms with Crippen molar-refractivity contribution in [2.45, 2.75) is 63.0 Å². The fourth-order valence-electron chi connectivity index (χ4n) is 3.89. The van der Waals surface area contributed by atoms with Crippen molar-refractivity contribution >= 4 is 9.84 Å². The zero-order valence-electron chi connectivity index (χ0n) is 17.2. The van der Waals surface area contributed by atoms with Crippen molar-refractivity contribution in [3.05, 3.63) is 53.0 Å². The Hall–Kier alpha value is -2.00. The van der Waals surface area contributed by atoms with Gasteiger partial charge in [0.1, 0.15) is 5.76 Å². The molecule has 0 saturated heterocycles. The van der Waals surface area contributed by atoms with Gasteiger partial charge in [0.2, 0.25) is 0 Å². The number of aliphatic hydroxyl groups is 1. The number of ether oxygens (including phenoxy) is 1. The largest absolute Gasteiger partial charge is 0.572 e. The van der Waals surface area contributed by atoms with Crippen molar-refractivity contribution in [1.82, 2.24) is 4.90 Å². The van der Waals surface area contributed by atoms with Crippen LogP contribution < -0.4 is 0 Å². The van der Waals surface area contributed by atoms with Gasteiger partial charge in [-0.25, -0.2) is 8.42 Å². The quantitative estimate of drug-likeness (QED) is 0.678. The second kappa shape index (κ2) is 7.92. The van der Waals surface area contributed by atoms with E-state index >= 15 is 0 Å². The molecule has 1 N–H and O–H groups in total. The van der Waals surface area contributed by atoms with E-state index < -0.39 is 27.7 Å². The molecule has 1 aliphatic heterocycles. The summed E-state index contributed by atoms with van der Waals surface area (Å²) in [5.41, 5.74) is 1.82. The number of fused-ring (bicyclic) bond motifs is 1. The fourth-order valence-corrected chi connectivity index (χ4v) is 4.56. The van der Waals surface area contributed by atoms with Crippen LogP contribution in [0.3, 0.4) is 0 Å². The highest BCUT2D eigenvalue weighted by molar-refractivity contribution is 7.90. The summed E-state index contributed by atoms with van der Waals surface area (Å²) in [5.74, 6) is -1.10. The Labute approximate surface area is 174 Å². The number of rotatable bonds is 6. The molecule has 166 valence electrons. The molecule has 3 rings (SSSR count). The fraction of sp³-hybridized carbons (Fsp3) is 0.524. The Bertz CT molecular complexity index is 980. The van der Waals surface area contributed by atoms with Crippen LogP contribution in [0.1, 0.15) is 44.2 Å². The van der Waals surface area contributed by atoms with E-state index in [1.807, 2.05) is 6.07 Å². The number of alkyl halides is 3. The van der Waals surface area contributed by atoms with Crippen LogP contribution in [0, 0.1) is 5.92 Å². The second-order valence-electron chi connectivity index (χ2n) is 8.59. The van der Waals surface area contributed by atoms with E-state index in [9.17, 15) is 26.7 Å². The third-order valence-corrected chi connectivity index (χ3v) is 6.92. The van der Waals surface area contributed by atoms with Crippen LogP contribution in [-0.2, 0) is 27.7 Å². The summed E-state index contributed by atoms with van der Waals surface area (Å²) in [6.07, 6.45) is 0.677. The normalized spacial score (nSPS) is 20.5. The molecule has 0 spiro atoms. The summed E-state index contributed by atoms with van der Waals surface area (Å²) in [5, 5.41) is 9.65. The summed E-state index contributed by atoms with van der Waals surface area (Å²) in [6, 6.07) is 5.19. The predicted octanol–water partition coefficient (Wildman–Crippen LogP) is 4.85. The lowest BCUT2D eigenvalue weighted by Gasteiger charge is -2.36. The van der Waals surface area contributed by atoms with E-state index in [1.165, 1.54) is 12.3 Å². The van der Waals surface area contributed by atoms with Gasteiger partial charge in [-0.2, -0.15) is 0 Å². The smallest absolute Gasteiger partial charge is 0.504 e. The highest BCUT2D eigenvalue weighted by Crippen LogP contribution is 2.36. The number of benzene rings is 1. The summed E-state index contributed by atoms with van der Waals surface area (Å²) < 4.78 is 65.1. The lowest BCUT2D eigenvalue weighted by atomic mass is 9.87. The minimum absolute atomic E-state index is 0.00410. The molecule has 1 unspecified atom stereocenters. The molecule has 1 aliphatic carbocycles. The van der Waals surface area contributed by atoms with Crippen molar-refractivity contribution in [1.29, 1.82) is 0 Å². The van der Waals surface area contributed by atoms with Crippen LogP contribution in [0.2, 0.25) is 0 Å². The number of sulfone groups is 1. The van der Waals surface area contributed by atoms with Crippen molar-refractivity contribution in [2.75, 3.05) is 6.26 Å². The lowest BCUT2D eigenvalue weighted by Crippen LogP contribution is -2.40. The Morgan fingerprint density at radius 2 is 1.87 bits per heavy atom. The zero-order chi connectivity index (χ0) is 22.3. The predicted molar refractivity (Wildman–Crippen MR) is 106 cm³/mol. The van der Waals surface area contributed by atoms with Crippen molar-refractivity contribution < 1.29 is 31.4 Å². The second-order valence-corrected chi connectivity index (χ2v) is 10.6. The maximum absolute atomic E-state index is 12.5. The minimum Gasteiger partial charge on any atom is -0.504 e. The monoisotopic (exact) mass is 445 g/mol. The Balaban J connectivity index is 1.62. The van der Waals surface area contributed by atoms with Gasteiger partial charge < -0.3 is 9.84 Å². The first-order valence-corrected chi connectivity index (χ1v) is 11.6. The van der Waals surface area contributed by atoms with Crippen LogP contribution in [0.5, 0.6) is 0 Å². The number of allylic oxidation sites excluding steroid dienone is 3. The molecule has 0 radical (unpaired) electrons. The van der Waals surface area contributed by atoms with Crippen LogP contribution >= 0.6 is 0 Å². The molecule has 0 saturated carbocycles. The molecule has 1 atom stereocenters. The van der Waals surface area contributed by atoms with Gasteiger partial charge in [0.15, 0.2) is 15.6 Å². The number of aliphatic hydroxyl groups excluding tert-OH is 1. The number of halogens is 3. The molecule has 0 aromatic heterocycles. The summed E-state index contributed by atoms with van der Waals surface area (Å²) >= 11 is 0. The maximum atomic E-state index is 12.5. The first-order chi connectivity index (χ1) is 13.7. The van der Waals surface area contributed by atoms with Gasteiger partial charge in [-0.3, -0.25) is 4.90 Å². The average Bonchev–Trinajstić information content (AvgIpc) is 3.05. The molecule has 0 bridgehead atoms. The Morgan fingerprint density at radius 1 is 1.20 bits per heavy atom. The van der Waals surface area contributed by atoms with E-state index in [4.69, 9.17) is 0 Å². The summed E-state index contributed by atoms with van der Waals surface area (Å²) in [4.78, 5) is 2.55. The Morgan fingerprint density at radius 3 is 2.50 bits per heavy atom. The van der Waals surface area contributed by atoms with Gasteiger partial charge in [-0.05, 0) is 61.9 Å². The van der Waals surface area contributed by atoms with Crippen LogP contribution in [0.25, 0.3) is 0 Å². The Kier molecular flexibility index (Phi) is 5.99. The van der Waals surface area contributed by atoms with Crippen molar-refractivity contribution in [3.8, 4) is 0 Å². The maximum Gasteiger partial charge on any atom is 0.572 e. The molecular formula is C21H26F3NO4S. The molecule has 30 heavy (non-hydrogen) atoms. The molecule has 1 heterocycles. The molecule has 1 aromatic rings. The van der Waals surface area contributed by atoms with E-state index in [2.05, 4.69) is 23.5 Å². The molecule has 5 nitrogen and oxygen atoms in total. The van der Waals surface area contributed by atoms with Gasteiger partial charge in [0, 0.05) is 31.3 Å². The van der Waals surface area contributed by atoms with Crippen LogP contribution in [-0.4, -0.2) is 36.6 Å². The topological polar surface area (TPSA) is 66.8 Å². The van der Waals surface area contributed by atoms with Gasteiger partial charge in [0.05, 0.1) is 4.90 Å². The first kappa shape index (κ1) is 22.7. The van der Waals surface area contributed by atoms with Gasteiger partial charge in [-0.1, -0.05) is 12.1 Å². The van der Waals surface area contributed by atoms with E-state index in [0.717, 1.165) is 17.5 Å². The van der Waals surface area contributed by atoms with E-state index in [-0.39, 0.29) is 17.9 Å². The lowest BCUT2D eigenvalue weighted by molar-refractivity contribution is -0.308. The standard InChI is InChI=1S/C21H26F3NO4S/c1-20(2,9-8-14-4-7-18(26)19(10-14)29-21(22,23)24)25-12-15-5-6-17(30(3,27)28)11-16(15)13-25/h4-7,11,14,26H,8-10,12-13H2,1-3H3. The summed E-state index contributed by atoms with van der Waals surface area (Å²) in [6.45, 7) is 5.46. The number of hydrogen-bond donors (Lipinski definition) is 1. The molecule has 1 aromatic carbocycles. The van der Waals surface area contributed by atoms with Gasteiger partial charge >= 0.3 is 6.36 Å². The highest BCUT2D eigenvalue weighted by Gasteiger charge is 2.36. The third-order valence-electron chi connectivity index (χ3n) is 5.81. The molecule has 2 aliphatic rings. The van der Waals surface area contributed by atoms with Crippen LogP contribution in [0.15, 0.2) is 46.8 Å². The van der Waals surface area contributed by atoms with E-state index in [1.54, 1.807) is 18.2 Å². The number of hydrogen-bond acceptors (Lipinski definition) is 5. The van der Waals surface area contributed by atoms with Gasteiger partial charge in [0.25, 0.3) is 0 Å². The van der Waals surface area contributed by atoms with Gasteiger partial charge in [-0.15, -0.1) is 13.2 Å². The summed E-state index contributed by atoms with van der Waals surface area (Å²) in [7, 11) is -3.27. The molecule has 9 heteroatoms. The minimum atomic E-state index is -4.83. The highest BCUT2D eigenvalue weighted by atomic mass is 32.2. The molecule has 0 fully saturated rings. The molecular weight excluding hydrogens is 419 g/mol. The van der Waals surface area contributed by atoms with Crippen molar-refractivity contribution in [3.63, 3.8) is 0 Å². The van der Waals surface area contributed by atoms with Crippen LogP contribution in [0.4, 0.5) is 13.2 Å². The number of nitrogens with zero attached hydrogens (tertiary/aromatic N) is 1. The van der Waals surface area contributed by atoms with E-state index in [0.29, 0.717) is 24.4 Å². The van der Waals surface area contributed by atoms with Crippen molar-refractivity contribution in [2.24, 2.45) is 5.92 Å². The average molecular weight is 446 g/mol. The molecule has 0 amide bonds. The SMILES string of the molecule is CC(C)(CCC1C=CC(O)=C(OC(F)(F)F)C1)N1Cc2ccc(S(C)(=O)=O)cc2C1.